The van der Waals surface area contributed by atoms with Gasteiger partial charge in [0.05, 0.1) is 6.10 Å². The number of hydrogen-bond acceptors (Lipinski definition) is 2. The van der Waals surface area contributed by atoms with Gasteiger partial charge in [0.1, 0.15) is 0 Å². The summed E-state index contributed by atoms with van der Waals surface area (Å²) in [5.41, 5.74) is 0.125. The van der Waals surface area contributed by atoms with Gasteiger partial charge in [-0.05, 0) is 88.4 Å². The van der Waals surface area contributed by atoms with Gasteiger partial charge in [-0.3, -0.25) is 0 Å². The highest BCUT2D eigenvalue weighted by atomic mass is 16.5. The maximum atomic E-state index is 12.4. The predicted octanol–water partition coefficient (Wildman–Crippen LogP) is 5.41. The maximum Gasteiger partial charge on any atom is 0.315 e. The van der Waals surface area contributed by atoms with E-state index < -0.39 is 0 Å². The zero-order valence-electron chi connectivity index (χ0n) is 17.7. The highest BCUT2D eigenvalue weighted by Gasteiger charge is 2.51. The van der Waals surface area contributed by atoms with Gasteiger partial charge in [0.15, 0.2) is 0 Å². The second-order valence-electron chi connectivity index (χ2n) is 9.68. The fourth-order valence-corrected chi connectivity index (χ4v) is 6.24. The van der Waals surface area contributed by atoms with E-state index in [0.29, 0.717) is 6.10 Å². The van der Waals surface area contributed by atoms with Crippen LogP contribution in [-0.4, -0.2) is 30.8 Å². The van der Waals surface area contributed by atoms with E-state index in [1.807, 2.05) is 0 Å². The molecule has 156 valence electrons. The second kappa shape index (κ2) is 10.1. The van der Waals surface area contributed by atoms with Gasteiger partial charge in [-0.15, -0.1) is 0 Å². The summed E-state index contributed by atoms with van der Waals surface area (Å²) in [5.74, 6) is 2.63. The summed E-state index contributed by atoms with van der Waals surface area (Å²) in [6.07, 6.45) is 16.5. The Bertz CT molecular complexity index is 430. The molecule has 4 fully saturated rings. The smallest absolute Gasteiger partial charge is 0.315 e. The lowest BCUT2D eigenvalue weighted by Gasteiger charge is -2.56. The van der Waals surface area contributed by atoms with E-state index >= 15 is 0 Å². The van der Waals surface area contributed by atoms with Gasteiger partial charge < -0.3 is 15.4 Å². The minimum absolute atomic E-state index is 0.0683. The van der Waals surface area contributed by atoms with Crippen molar-refractivity contribution in [3.8, 4) is 0 Å². The molecule has 4 nitrogen and oxygen atoms in total. The van der Waals surface area contributed by atoms with Crippen LogP contribution < -0.4 is 10.6 Å². The van der Waals surface area contributed by atoms with E-state index in [-0.39, 0.29) is 11.6 Å². The molecule has 0 saturated heterocycles. The van der Waals surface area contributed by atoms with Crippen molar-refractivity contribution in [3.05, 3.63) is 0 Å². The SMILES string of the molecule is CCCCC(CC)OCCCCCNC(=O)NC12CC3CC(CC(C3)C1)C2. The Kier molecular flexibility index (Phi) is 7.86. The van der Waals surface area contributed by atoms with Crippen molar-refractivity contribution < 1.29 is 9.53 Å². The first-order chi connectivity index (χ1) is 13.1. The van der Waals surface area contributed by atoms with Crippen molar-refractivity contribution >= 4 is 6.03 Å². The number of hydrogen-bond donors (Lipinski definition) is 2. The molecule has 4 aliphatic carbocycles. The maximum absolute atomic E-state index is 12.4. The molecule has 4 saturated carbocycles. The third kappa shape index (κ3) is 6.10. The Hall–Kier alpha value is -0.770. The van der Waals surface area contributed by atoms with E-state index in [4.69, 9.17) is 4.74 Å². The van der Waals surface area contributed by atoms with Gasteiger partial charge >= 0.3 is 6.03 Å². The van der Waals surface area contributed by atoms with Crippen LogP contribution in [0.3, 0.4) is 0 Å². The van der Waals surface area contributed by atoms with Crippen LogP contribution in [0.2, 0.25) is 0 Å². The van der Waals surface area contributed by atoms with Crippen LogP contribution >= 0.6 is 0 Å². The van der Waals surface area contributed by atoms with E-state index in [1.54, 1.807) is 0 Å². The van der Waals surface area contributed by atoms with Crippen molar-refractivity contribution in [2.24, 2.45) is 17.8 Å². The summed E-state index contributed by atoms with van der Waals surface area (Å²) in [6, 6.07) is 0.0683. The third-order valence-corrected chi connectivity index (χ3v) is 7.21. The Balaban J connectivity index is 1.23. The number of unbranched alkanes of at least 4 members (excludes halogenated alkanes) is 3. The fraction of sp³-hybridized carbons (Fsp3) is 0.957. The van der Waals surface area contributed by atoms with Crippen LogP contribution in [0.5, 0.6) is 0 Å². The molecule has 0 aromatic carbocycles. The first-order valence-corrected chi connectivity index (χ1v) is 11.8. The zero-order chi connectivity index (χ0) is 19.1. The average Bonchev–Trinajstić information content (AvgIpc) is 2.61. The summed E-state index contributed by atoms with van der Waals surface area (Å²) in [4.78, 5) is 12.4. The second-order valence-corrected chi connectivity index (χ2v) is 9.68. The molecule has 1 unspecified atom stereocenters. The first-order valence-electron chi connectivity index (χ1n) is 11.8. The van der Waals surface area contributed by atoms with Crippen molar-refractivity contribution in [2.45, 2.75) is 109 Å². The molecule has 0 aromatic heterocycles. The molecule has 27 heavy (non-hydrogen) atoms. The normalized spacial score (nSPS) is 32.4. The average molecular weight is 379 g/mol. The standard InChI is InChI=1S/C23H42N2O2/c1-3-5-9-21(4-2)27-11-8-6-7-10-24-22(26)25-23-15-18-12-19(16-23)14-20(13-18)17-23/h18-21H,3-17H2,1-2H3,(H2,24,25,26). The Labute approximate surface area is 166 Å². The minimum Gasteiger partial charge on any atom is -0.378 e. The van der Waals surface area contributed by atoms with Gasteiger partial charge in [0.25, 0.3) is 0 Å². The Morgan fingerprint density at radius 3 is 2.26 bits per heavy atom. The highest BCUT2D eigenvalue weighted by Crippen LogP contribution is 2.55. The number of nitrogens with one attached hydrogen (secondary N) is 2. The van der Waals surface area contributed by atoms with E-state index in [1.165, 1.54) is 57.8 Å². The van der Waals surface area contributed by atoms with Gasteiger partial charge in [-0.1, -0.05) is 26.7 Å². The van der Waals surface area contributed by atoms with Crippen molar-refractivity contribution in [3.63, 3.8) is 0 Å². The lowest BCUT2D eigenvalue weighted by Crippen LogP contribution is -2.61. The molecular formula is C23H42N2O2. The largest absolute Gasteiger partial charge is 0.378 e. The molecule has 0 heterocycles. The van der Waals surface area contributed by atoms with Crippen LogP contribution in [0.25, 0.3) is 0 Å². The van der Waals surface area contributed by atoms with Crippen LogP contribution in [0, 0.1) is 17.8 Å². The Morgan fingerprint density at radius 1 is 1.00 bits per heavy atom. The molecule has 2 amide bonds. The number of ether oxygens (including phenoxy) is 1. The number of amides is 2. The zero-order valence-corrected chi connectivity index (χ0v) is 17.7. The molecule has 0 spiro atoms. The lowest BCUT2D eigenvalue weighted by atomic mass is 9.53. The molecule has 4 rings (SSSR count). The molecule has 4 aliphatic rings. The van der Waals surface area contributed by atoms with E-state index in [9.17, 15) is 4.79 Å². The predicted molar refractivity (Wildman–Crippen MR) is 111 cm³/mol. The van der Waals surface area contributed by atoms with Crippen molar-refractivity contribution in [1.82, 2.24) is 10.6 Å². The number of carbonyl (C=O) groups is 1. The van der Waals surface area contributed by atoms with Gasteiger partial charge in [-0.2, -0.15) is 0 Å². The number of rotatable bonds is 12. The van der Waals surface area contributed by atoms with Crippen LogP contribution in [0.4, 0.5) is 4.79 Å². The molecule has 4 bridgehead atoms. The molecule has 0 aliphatic heterocycles. The van der Waals surface area contributed by atoms with Crippen molar-refractivity contribution in [2.75, 3.05) is 13.2 Å². The summed E-state index contributed by atoms with van der Waals surface area (Å²) >= 11 is 0. The van der Waals surface area contributed by atoms with Crippen LogP contribution in [0.15, 0.2) is 0 Å². The topological polar surface area (TPSA) is 50.4 Å². The van der Waals surface area contributed by atoms with Gasteiger partial charge in [0, 0.05) is 18.7 Å². The van der Waals surface area contributed by atoms with Gasteiger partial charge in [0.2, 0.25) is 0 Å². The number of urea groups is 1. The third-order valence-electron chi connectivity index (χ3n) is 7.21. The first kappa shape index (κ1) is 21.0. The monoisotopic (exact) mass is 378 g/mol. The molecule has 2 N–H and O–H groups in total. The molecule has 0 aromatic rings. The van der Waals surface area contributed by atoms with Crippen LogP contribution in [0.1, 0.15) is 97.3 Å². The van der Waals surface area contributed by atoms with Gasteiger partial charge in [-0.25, -0.2) is 4.79 Å². The number of carbonyl (C=O) groups excluding carboxylic acids is 1. The minimum atomic E-state index is 0.0683. The molecule has 4 heteroatoms. The highest BCUT2D eigenvalue weighted by molar-refractivity contribution is 5.74. The summed E-state index contributed by atoms with van der Waals surface area (Å²) < 4.78 is 5.98. The summed E-state index contributed by atoms with van der Waals surface area (Å²) in [5, 5.41) is 6.50. The fourth-order valence-electron chi connectivity index (χ4n) is 6.24. The molecular weight excluding hydrogens is 336 g/mol. The van der Waals surface area contributed by atoms with Crippen molar-refractivity contribution in [1.29, 1.82) is 0 Å². The van der Waals surface area contributed by atoms with E-state index in [2.05, 4.69) is 24.5 Å². The van der Waals surface area contributed by atoms with E-state index in [0.717, 1.165) is 56.6 Å². The molecule has 0 radical (unpaired) electrons. The summed E-state index contributed by atoms with van der Waals surface area (Å²) in [6.45, 7) is 6.10. The lowest BCUT2D eigenvalue weighted by molar-refractivity contribution is -0.0135. The van der Waals surface area contributed by atoms with Crippen LogP contribution in [-0.2, 0) is 4.74 Å². The molecule has 1 atom stereocenters. The quantitative estimate of drug-likeness (QED) is 0.446. The summed E-state index contributed by atoms with van der Waals surface area (Å²) in [7, 11) is 0. The Morgan fingerprint density at radius 2 is 1.67 bits per heavy atom.